The summed E-state index contributed by atoms with van der Waals surface area (Å²) in [6.45, 7) is 3.29. The van der Waals surface area contributed by atoms with E-state index in [2.05, 4.69) is 6.92 Å². The quantitative estimate of drug-likeness (QED) is 0.741. The van der Waals surface area contributed by atoms with Gasteiger partial charge in [-0.1, -0.05) is 6.92 Å². The summed E-state index contributed by atoms with van der Waals surface area (Å²) in [4.78, 5) is 0. The lowest BCUT2D eigenvalue weighted by atomic mass is 10.1. The van der Waals surface area contributed by atoms with Gasteiger partial charge in [-0.05, 0) is 18.6 Å². The van der Waals surface area contributed by atoms with Gasteiger partial charge in [-0.25, -0.2) is 0 Å². The van der Waals surface area contributed by atoms with Gasteiger partial charge < -0.3 is 19.9 Å². The fourth-order valence-corrected chi connectivity index (χ4v) is 1.57. The van der Waals surface area contributed by atoms with Crippen molar-refractivity contribution in [3.63, 3.8) is 0 Å². The van der Waals surface area contributed by atoms with Crippen molar-refractivity contribution >= 4 is 0 Å². The summed E-state index contributed by atoms with van der Waals surface area (Å²) in [5.41, 5.74) is 6.99. The largest absolute Gasteiger partial charge is 0.497 e. The van der Waals surface area contributed by atoms with Gasteiger partial charge in [0.15, 0.2) is 0 Å². The van der Waals surface area contributed by atoms with Crippen LogP contribution in [0.4, 0.5) is 0 Å². The SMILES string of the molecule is CCCOCC(N)c1ccc(OC)cc1OC. The van der Waals surface area contributed by atoms with Crippen LogP contribution in [0.1, 0.15) is 24.9 Å². The molecule has 0 heterocycles. The molecule has 17 heavy (non-hydrogen) atoms. The van der Waals surface area contributed by atoms with E-state index >= 15 is 0 Å². The van der Waals surface area contributed by atoms with Crippen LogP contribution in [0.3, 0.4) is 0 Å². The van der Waals surface area contributed by atoms with Gasteiger partial charge in [-0.3, -0.25) is 0 Å². The van der Waals surface area contributed by atoms with Crippen LogP contribution in [0, 0.1) is 0 Å². The van der Waals surface area contributed by atoms with Crippen molar-refractivity contribution in [2.75, 3.05) is 27.4 Å². The second-order valence-electron chi connectivity index (χ2n) is 3.79. The van der Waals surface area contributed by atoms with E-state index in [-0.39, 0.29) is 6.04 Å². The van der Waals surface area contributed by atoms with Crippen LogP contribution in [0.15, 0.2) is 18.2 Å². The van der Waals surface area contributed by atoms with E-state index in [0.717, 1.165) is 30.1 Å². The first kappa shape index (κ1) is 13.8. The Labute approximate surface area is 103 Å². The summed E-state index contributed by atoms with van der Waals surface area (Å²) >= 11 is 0. The minimum Gasteiger partial charge on any atom is -0.497 e. The fraction of sp³-hybridized carbons (Fsp3) is 0.538. The Hall–Kier alpha value is -1.26. The molecule has 0 aliphatic rings. The summed E-state index contributed by atoms with van der Waals surface area (Å²) in [7, 11) is 3.25. The van der Waals surface area contributed by atoms with Gasteiger partial charge in [0.25, 0.3) is 0 Å². The second-order valence-corrected chi connectivity index (χ2v) is 3.79. The highest BCUT2D eigenvalue weighted by Gasteiger charge is 2.12. The zero-order chi connectivity index (χ0) is 12.7. The number of methoxy groups -OCH3 is 2. The fourth-order valence-electron chi connectivity index (χ4n) is 1.57. The van der Waals surface area contributed by atoms with Crippen molar-refractivity contribution in [2.24, 2.45) is 5.73 Å². The molecule has 1 aromatic rings. The molecule has 0 radical (unpaired) electrons. The average Bonchev–Trinajstić information content (AvgIpc) is 2.38. The molecule has 0 aliphatic heterocycles. The number of ether oxygens (including phenoxy) is 3. The maximum Gasteiger partial charge on any atom is 0.127 e. The third-order valence-corrected chi connectivity index (χ3v) is 2.49. The van der Waals surface area contributed by atoms with Gasteiger partial charge in [-0.2, -0.15) is 0 Å². The first-order valence-corrected chi connectivity index (χ1v) is 5.78. The van der Waals surface area contributed by atoms with E-state index in [1.807, 2.05) is 18.2 Å². The molecule has 1 aromatic carbocycles. The number of hydrogen-bond donors (Lipinski definition) is 1. The molecule has 2 N–H and O–H groups in total. The van der Waals surface area contributed by atoms with Gasteiger partial charge in [0.1, 0.15) is 11.5 Å². The van der Waals surface area contributed by atoms with Crippen molar-refractivity contribution in [1.82, 2.24) is 0 Å². The first-order chi connectivity index (χ1) is 8.22. The highest BCUT2D eigenvalue weighted by atomic mass is 16.5. The molecule has 4 nitrogen and oxygen atoms in total. The van der Waals surface area contributed by atoms with Crippen molar-refractivity contribution in [3.8, 4) is 11.5 Å². The van der Waals surface area contributed by atoms with Crippen molar-refractivity contribution in [2.45, 2.75) is 19.4 Å². The van der Waals surface area contributed by atoms with Gasteiger partial charge in [-0.15, -0.1) is 0 Å². The van der Waals surface area contributed by atoms with Gasteiger partial charge >= 0.3 is 0 Å². The molecule has 0 spiro atoms. The number of benzene rings is 1. The summed E-state index contributed by atoms with van der Waals surface area (Å²) in [6.07, 6.45) is 0.993. The van der Waals surface area contributed by atoms with Crippen LogP contribution < -0.4 is 15.2 Å². The molecule has 0 aliphatic carbocycles. The third kappa shape index (κ3) is 3.91. The molecule has 0 amide bonds. The van der Waals surface area contributed by atoms with E-state index in [9.17, 15) is 0 Å². The highest BCUT2D eigenvalue weighted by Crippen LogP contribution is 2.28. The molecule has 4 heteroatoms. The van der Waals surface area contributed by atoms with Crippen LogP contribution in [0.2, 0.25) is 0 Å². The number of rotatable bonds is 7. The number of nitrogens with two attached hydrogens (primary N) is 1. The van der Waals surface area contributed by atoms with Crippen LogP contribution in [0.5, 0.6) is 11.5 Å². The van der Waals surface area contributed by atoms with Gasteiger partial charge in [0, 0.05) is 18.2 Å². The van der Waals surface area contributed by atoms with E-state index < -0.39 is 0 Å². The average molecular weight is 239 g/mol. The predicted octanol–water partition coefficient (Wildman–Crippen LogP) is 2.13. The van der Waals surface area contributed by atoms with Crippen molar-refractivity contribution in [1.29, 1.82) is 0 Å². The lowest BCUT2D eigenvalue weighted by Gasteiger charge is -2.16. The molecular weight excluding hydrogens is 218 g/mol. The van der Waals surface area contributed by atoms with E-state index in [1.165, 1.54) is 0 Å². The Bertz CT molecular complexity index is 341. The topological polar surface area (TPSA) is 53.7 Å². The lowest BCUT2D eigenvalue weighted by Crippen LogP contribution is -2.18. The molecule has 0 aromatic heterocycles. The smallest absolute Gasteiger partial charge is 0.127 e. The number of hydrogen-bond acceptors (Lipinski definition) is 4. The summed E-state index contributed by atoms with van der Waals surface area (Å²) < 4.78 is 15.9. The standard InChI is InChI=1S/C13H21NO3/c1-4-7-17-9-12(14)11-6-5-10(15-2)8-13(11)16-3/h5-6,8,12H,4,7,9,14H2,1-3H3. The second kappa shape index (κ2) is 7.14. The van der Waals surface area contributed by atoms with E-state index in [1.54, 1.807) is 14.2 Å². The Morgan fingerprint density at radius 2 is 2.00 bits per heavy atom. The van der Waals surface area contributed by atoms with Crippen molar-refractivity contribution < 1.29 is 14.2 Å². The summed E-state index contributed by atoms with van der Waals surface area (Å²) in [5.74, 6) is 1.49. The normalized spacial score (nSPS) is 12.2. The lowest BCUT2D eigenvalue weighted by molar-refractivity contribution is 0.121. The Morgan fingerprint density at radius 1 is 1.24 bits per heavy atom. The molecule has 0 fully saturated rings. The monoisotopic (exact) mass is 239 g/mol. The highest BCUT2D eigenvalue weighted by molar-refractivity contribution is 5.42. The summed E-state index contributed by atoms with van der Waals surface area (Å²) in [5, 5.41) is 0. The molecular formula is C13H21NO3. The van der Waals surface area contributed by atoms with Crippen LogP contribution in [-0.4, -0.2) is 27.4 Å². The zero-order valence-electron chi connectivity index (χ0n) is 10.7. The van der Waals surface area contributed by atoms with Crippen LogP contribution in [-0.2, 0) is 4.74 Å². The molecule has 1 atom stereocenters. The van der Waals surface area contributed by atoms with Crippen LogP contribution in [0.25, 0.3) is 0 Å². The molecule has 1 unspecified atom stereocenters. The van der Waals surface area contributed by atoms with Crippen molar-refractivity contribution in [3.05, 3.63) is 23.8 Å². The zero-order valence-corrected chi connectivity index (χ0v) is 10.7. The first-order valence-electron chi connectivity index (χ1n) is 5.78. The molecule has 1 rings (SSSR count). The Kier molecular flexibility index (Phi) is 5.80. The molecule has 0 saturated carbocycles. The third-order valence-electron chi connectivity index (χ3n) is 2.49. The van der Waals surface area contributed by atoms with E-state index in [4.69, 9.17) is 19.9 Å². The Balaban J connectivity index is 2.74. The van der Waals surface area contributed by atoms with E-state index in [0.29, 0.717) is 6.61 Å². The minimum atomic E-state index is -0.178. The maximum absolute atomic E-state index is 6.06. The molecule has 0 bridgehead atoms. The minimum absolute atomic E-state index is 0.178. The Morgan fingerprint density at radius 3 is 2.59 bits per heavy atom. The summed E-state index contributed by atoms with van der Waals surface area (Å²) in [6, 6.07) is 5.44. The predicted molar refractivity (Wildman–Crippen MR) is 67.6 cm³/mol. The van der Waals surface area contributed by atoms with Gasteiger partial charge in [0.05, 0.1) is 26.9 Å². The molecule has 96 valence electrons. The van der Waals surface area contributed by atoms with Crippen LogP contribution >= 0.6 is 0 Å². The maximum atomic E-state index is 6.06. The van der Waals surface area contributed by atoms with Gasteiger partial charge in [0.2, 0.25) is 0 Å². The molecule has 0 saturated heterocycles.